The lowest BCUT2D eigenvalue weighted by atomic mass is 10.0. The highest BCUT2D eigenvalue weighted by Gasteiger charge is 2.16. The number of rotatable bonds is 6. The van der Waals surface area contributed by atoms with Crippen molar-refractivity contribution in [1.82, 2.24) is 5.43 Å². The standard InChI is InChI=1S/C15H20N2O2S/c1-10-4-5-14(19-3)11(6-10)7-13(17-16)15-8-12(18-2)9-20-15/h4-6,8-9,13,17H,7,16H2,1-3H3. The number of hydrogen-bond acceptors (Lipinski definition) is 5. The minimum Gasteiger partial charge on any atom is -0.496 e. The Bertz CT molecular complexity index is 569. The second-order valence-electron chi connectivity index (χ2n) is 4.63. The predicted molar refractivity (Wildman–Crippen MR) is 82.4 cm³/mol. The van der Waals surface area contributed by atoms with Gasteiger partial charge in [-0.05, 0) is 31.0 Å². The van der Waals surface area contributed by atoms with Gasteiger partial charge in [-0.15, -0.1) is 11.3 Å². The average molecular weight is 292 g/mol. The van der Waals surface area contributed by atoms with Crippen LogP contribution in [0.3, 0.4) is 0 Å². The van der Waals surface area contributed by atoms with Crippen molar-refractivity contribution in [2.24, 2.45) is 5.84 Å². The molecule has 0 fully saturated rings. The van der Waals surface area contributed by atoms with Gasteiger partial charge in [0.2, 0.25) is 0 Å². The molecule has 0 aliphatic rings. The number of methoxy groups -OCH3 is 2. The van der Waals surface area contributed by atoms with Crippen LogP contribution in [-0.2, 0) is 6.42 Å². The molecule has 0 radical (unpaired) electrons. The summed E-state index contributed by atoms with van der Waals surface area (Å²) in [5.41, 5.74) is 5.22. The Kier molecular flexibility index (Phi) is 5.00. The number of benzene rings is 1. The van der Waals surface area contributed by atoms with E-state index in [1.54, 1.807) is 25.6 Å². The quantitative estimate of drug-likeness (QED) is 0.635. The fourth-order valence-corrected chi connectivity index (χ4v) is 3.07. The van der Waals surface area contributed by atoms with Crippen LogP contribution in [-0.4, -0.2) is 14.2 Å². The van der Waals surface area contributed by atoms with E-state index in [2.05, 4.69) is 18.4 Å². The number of aryl methyl sites for hydroxylation is 1. The molecule has 0 amide bonds. The molecule has 3 N–H and O–H groups in total. The largest absolute Gasteiger partial charge is 0.496 e. The van der Waals surface area contributed by atoms with Crippen molar-refractivity contribution in [3.05, 3.63) is 45.6 Å². The lowest BCUT2D eigenvalue weighted by molar-refractivity contribution is 0.405. The summed E-state index contributed by atoms with van der Waals surface area (Å²) in [5.74, 6) is 7.46. The molecule has 2 rings (SSSR count). The van der Waals surface area contributed by atoms with E-state index in [0.29, 0.717) is 0 Å². The van der Waals surface area contributed by atoms with Gasteiger partial charge in [0.15, 0.2) is 0 Å². The zero-order chi connectivity index (χ0) is 14.5. The highest BCUT2D eigenvalue weighted by Crippen LogP contribution is 2.31. The Hall–Kier alpha value is -1.56. The lowest BCUT2D eigenvalue weighted by Crippen LogP contribution is -2.29. The van der Waals surface area contributed by atoms with Crippen LogP contribution in [0.5, 0.6) is 11.5 Å². The molecule has 0 aliphatic heterocycles. The van der Waals surface area contributed by atoms with Crippen LogP contribution in [0, 0.1) is 6.92 Å². The van der Waals surface area contributed by atoms with Crippen LogP contribution >= 0.6 is 11.3 Å². The Morgan fingerprint density at radius 3 is 2.65 bits per heavy atom. The summed E-state index contributed by atoms with van der Waals surface area (Å²) in [5, 5.41) is 1.98. The second-order valence-corrected chi connectivity index (χ2v) is 5.57. The molecule has 1 aromatic heterocycles. The van der Waals surface area contributed by atoms with Gasteiger partial charge in [0.25, 0.3) is 0 Å². The summed E-state index contributed by atoms with van der Waals surface area (Å²) in [4.78, 5) is 1.15. The Morgan fingerprint density at radius 2 is 2.05 bits per heavy atom. The first-order valence-corrected chi connectivity index (χ1v) is 7.28. The van der Waals surface area contributed by atoms with Crippen molar-refractivity contribution < 1.29 is 9.47 Å². The smallest absolute Gasteiger partial charge is 0.129 e. The van der Waals surface area contributed by atoms with Crippen LogP contribution in [0.4, 0.5) is 0 Å². The summed E-state index contributed by atoms with van der Waals surface area (Å²) in [6.07, 6.45) is 0.769. The maximum Gasteiger partial charge on any atom is 0.129 e. The van der Waals surface area contributed by atoms with E-state index < -0.39 is 0 Å². The third-order valence-electron chi connectivity index (χ3n) is 3.24. The first kappa shape index (κ1) is 14.8. The highest BCUT2D eigenvalue weighted by molar-refractivity contribution is 7.10. The molecule has 108 valence electrons. The average Bonchev–Trinajstić information content (AvgIpc) is 2.93. The lowest BCUT2D eigenvalue weighted by Gasteiger charge is -2.16. The Morgan fingerprint density at radius 1 is 1.25 bits per heavy atom. The molecule has 0 spiro atoms. The van der Waals surface area contributed by atoms with Gasteiger partial charge in [0, 0.05) is 10.3 Å². The number of hydrazine groups is 1. The van der Waals surface area contributed by atoms with Gasteiger partial charge >= 0.3 is 0 Å². The van der Waals surface area contributed by atoms with Gasteiger partial charge in [-0.1, -0.05) is 17.7 Å². The zero-order valence-corrected chi connectivity index (χ0v) is 12.8. The van der Waals surface area contributed by atoms with E-state index in [4.69, 9.17) is 15.3 Å². The Balaban J connectivity index is 2.23. The fourth-order valence-electron chi connectivity index (χ4n) is 2.15. The summed E-state index contributed by atoms with van der Waals surface area (Å²) in [6, 6.07) is 8.22. The van der Waals surface area contributed by atoms with E-state index >= 15 is 0 Å². The van der Waals surface area contributed by atoms with Crippen LogP contribution in [0.25, 0.3) is 0 Å². The summed E-state index contributed by atoms with van der Waals surface area (Å²) in [6.45, 7) is 2.07. The number of nitrogens with one attached hydrogen (secondary N) is 1. The van der Waals surface area contributed by atoms with Crippen molar-refractivity contribution in [3.8, 4) is 11.5 Å². The van der Waals surface area contributed by atoms with E-state index in [1.165, 1.54) is 5.56 Å². The minimum atomic E-state index is 0.0413. The summed E-state index contributed by atoms with van der Waals surface area (Å²) < 4.78 is 10.6. The van der Waals surface area contributed by atoms with Gasteiger partial charge in [-0.3, -0.25) is 11.3 Å². The van der Waals surface area contributed by atoms with E-state index in [0.717, 1.165) is 28.4 Å². The summed E-state index contributed by atoms with van der Waals surface area (Å²) >= 11 is 1.64. The number of hydrogen-bond donors (Lipinski definition) is 2. The normalized spacial score (nSPS) is 12.2. The van der Waals surface area contributed by atoms with Gasteiger partial charge < -0.3 is 9.47 Å². The minimum absolute atomic E-state index is 0.0413. The topological polar surface area (TPSA) is 56.5 Å². The first-order valence-electron chi connectivity index (χ1n) is 6.40. The molecule has 5 heteroatoms. The molecule has 0 saturated carbocycles. The van der Waals surface area contributed by atoms with E-state index in [9.17, 15) is 0 Å². The Labute approximate surface area is 123 Å². The van der Waals surface area contributed by atoms with Crippen molar-refractivity contribution in [2.75, 3.05) is 14.2 Å². The molecule has 0 saturated heterocycles. The van der Waals surface area contributed by atoms with Crippen LogP contribution in [0.1, 0.15) is 22.0 Å². The molecule has 0 aliphatic carbocycles. The van der Waals surface area contributed by atoms with Gasteiger partial charge in [0.05, 0.1) is 20.3 Å². The molecule has 1 unspecified atom stereocenters. The van der Waals surface area contributed by atoms with Gasteiger partial charge in [-0.25, -0.2) is 0 Å². The molecule has 20 heavy (non-hydrogen) atoms. The monoisotopic (exact) mass is 292 g/mol. The molecule has 1 aromatic carbocycles. The third kappa shape index (κ3) is 3.30. The number of thiophene rings is 1. The maximum absolute atomic E-state index is 5.71. The zero-order valence-electron chi connectivity index (χ0n) is 12.0. The van der Waals surface area contributed by atoms with Crippen molar-refractivity contribution in [1.29, 1.82) is 0 Å². The summed E-state index contributed by atoms with van der Waals surface area (Å²) in [7, 11) is 3.35. The molecule has 1 atom stereocenters. The molecule has 2 aromatic rings. The molecule has 0 bridgehead atoms. The van der Waals surface area contributed by atoms with Crippen molar-refractivity contribution in [3.63, 3.8) is 0 Å². The molecular weight excluding hydrogens is 272 g/mol. The first-order chi connectivity index (χ1) is 9.67. The van der Waals surface area contributed by atoms with Crippen LogP contribution in [0.15, 0.2) is 29.6 Å². The predicted octanol–water partition coefficient (Wildman–Crippen LogP) is 2.82. The highest BCUT2D eigenvalue weighted by atomic mass is 32.1. The van der Waals surface area contributed by atoms with E-state index in [-0.39, 0.29) is 6.04 Å². The fraction of sp³-hybridized carbons (Fsp3) is 0.333. The SMILES string of the molecule is COc1csc(C(Cc2cc(C)ccc2OC)NN)c1. The van der Waals surface area contributed by atoms with Crippen LogP contribution < -0.4 is 20.7 Å². The molecule has 4 nitrogen and oxygen atoms in total. The third-order valence-corrected chi connectivity index (χ3v) is 4.26. The van der Waals surface area contributed by atoms with Crippen molar-refractivity contribution in [2.45, 2.75) is 19.4 Å². The molecule has 1 heterocycles. The number of nitrogens with two attached hydrogens (primary N) is 1. The maximum atomic E-state index is 5.71. The molecular formula is C15H20N2O2S. The van der Waals surface area contributed by atoms with E-state index in [1.807, 2.05) is 23.6 Å². The van der Waals surface area contributed by atoms with Gasteiger partial charge in [-0.2, -0.15) is 0 Å². The second kappa shape index (κ2) is 6.74. The number of ether oxygens (including phenoxy) is 2. The van der Waals surface area contributed by atoms with Gasteiger partial charge in [0.1, 0.15) is 11.5 Å². The van der Waals surface area contributed by atoms with Crippen LogP contribution in [0.2, 0.25) is 0 Å². The van der Waals surface area contributed by atoms with Crippen molar-refractivity contribution >= 4 is 11.3 Å².